The van der Waals surface area contributed by atoms with Gasteiger partial charge in [-0.25, -0.2) is 4.79 Å². The van der Waals surface area contributed by atoms with Crippen LogP contribution in [-0.4, -0.2) is 57.3 Å². The van der Waals surface area contributed by atoms with Crippen molar-refractivity contribution >= 4 is 25.9 Å². The van der Waals surface area contributed by atoms with Gasteiger partial charge >= 0.3 is 14.9 Å². The maximum absolute atomic E-state index is 10.3. The molecular weight excluding hydrogens is 270 g/mol. The largest absolute Gasteiger partial charge is 0.500 e. The van der Waals surface area contributed by atoms with Crippen LogP contribution in [0.15, 0.2) is 0 Å². The van der Waals surface area contributed by atoms with Gasteiger partial charge in [-0.2, -0.15) is 0 Å². The first-order chi connectivity index (χ1) is 8.10. The lowest BCUT2D eigenvalue weighted by Crippen LogP contribution is -2.46. The van der Waals surface area contributed by atoms with Crippen molar-refractivity contribution in [1.82, 2.24) is 5.32 Å². The Hall–Kier alpha value is -0.416. The molecule has 0 aromatic carbocycles. The molecule has 0 atom stereocenters. The van der Waals surface area contributed by atoms with Crippen LogP contribution in [0, 0.1) is 0 Å². The van der Waals surface area contributed by atoms with E-state index in [2.05, 4.69) is 5.32 Å². The summed E-state index contributed by atoms with van der Waals surface area (Å²) < 4.78 is 16.9. The SMILES string of the molecule is CCO[Si](CCCNC(=O)O)(OCC)OCC.[SiH4]. The predicted molar refractivity (Wildman–Crippen MR) is 77.4 cm³/mol. The van der Waals surface area contributed by atoms with Crippen molar-refractivity contribution in [1.29, 1.82) is 0 Å². The summed E-state index contributed by atoms with van der Waals surface area (Å²) in [6, 6.07) is 0.628. The maximum atomic E-state index is 10.3. The molecule has 0 spiro atoms. The van der Waals surface area contributed by atoms with Crippen LogP contribution in [0.3, 0.4) is 0 Å². The van der Waals surface area contributed by atoms with E-state index >= 15 is 0 Å². The monoisotopic (exact) mass is 297 g/mol. The Balaban J connectivity index is 0. The zero-order chi connectivity index (χ0) is 13.1. The first-order valence-electron chi connectivity index (χ1n) is 5.98. The van der Waals surface area contributed by atoms with E-state index in [1.807, 2.05) is 20.8 Å². The first-order valence-corrected chi connectivity index (χ1v) is 7.92. The standard InChI is InChI=1S/C10H23NO5Si.H4Si/c1-4-14-17(15-5-2,16-6-3)9-7-8-11-10(12)13;/h11H,4-9H2,1-3H3,(H,12,13);1H4. The number of hydrogen-bond acceptors (Lipinski definition) is 4. The summed E-state index contributed by atoms with van der Waals surface area (Å²) in [4.78, 5) is 10.3. The zero-order valence-electron chi connectivity index (χ0n) is 10.8. The Bertz CT molecular complexity index is 201. The number of rotatable bonds is 10. The minimum atomic E-state index is -2.60. The van der Waals surface area contributed by atoms with E-state index in [9.17, 15) is 4.79 Å². The molecule has 0 aromatic heterocycles. The van der Waals surface area contributed by atoms with Crippen molar-refractivity contribution in [3.05, 3.63) is 0 Å². The number of nitrogens with one attached hydrogen (secondary N) is 1. The molecule has 8 heteroatoms. The second-order valence-corrected chi connectivity index (χ2v) is 6.05. The lowest BCUT2D eigenvalue weighted by atomic mass is 10.5. The van der Waals surface area contributed by atoms with Crippen LogP contribution in [0.25, 0.3) is 0 Å². The highest BCUT2D eigenvalue weighted by Crippen LogP contribution is 2.17. The second-order valence-electron chi connectivity index (χ2n) is 3.32. The minimum absolute atomic E-state index is 0. The molecule has 0 aliphatic rings. The van der Waals surface area contributed by atoms with Crippen LogP contribution in [0.2, 0.25) is 6.04 Å². The first kappa shape index (κ1) is 19.9. The molecule has 0 unspecified atom stereocenters. The zero-order valence-corrected chi connectivity index (χ0v) is 11.8. The molecule has 18 heavy (non-hydrogen) atoms. The van der Waals surface area contributed by atoms with Gasteiger partial charge in [0.05, 0.1) is 0 Å². The third-order valence-corrected chi connectivity index (χ3v) is 5.18. The molecule has 1 amide bonds. The Labute approximate surface area is 114 Å². The van der Waals surface area contributed by atoms with Gasteiger partial charge in [0.2, 0.25) is 0 Å². The van der Waals surface area contributed by atoms with E-state index in [-0.39, 0.29) is 11.0 Å². The quantitative estimate of drug-likeness (QED) is 0.446. The third kappa shape index (κ3) is 8.64. The summed E-state index contributed by atoms with van der Waals surface area (Å²) in [6.07, 6.45) is -0.361. The normalized spacial score (nSPS) is 10.8. The predicted octanol–water partition coefficient (Wildman–Crippen LogP) is 0.241. The van der Waals surface area contributed by atoms with Gasteiger partial charge in [0, 0.05) is 32.4 Å². The smallest absolute Gasteiger partial charge is 0.465 e. The van der Waals surface area contributed by atoms with Crippen molar-refractivity contribution in [2.24, 2.45) is 0 Å². The summed E-state index contributed by atoms with van der Waals surface area (Å²) in [6.45, 7) is 7.70. The Morgan fingerprint density at radius 1 is 1.11 bits per heavy atom. The molecule has 6 nitrogen and oxygen atoms in total. The van der Waals surface area contributed by atoms with Gasteiger partial charge in [0.1, 0.15) is 0 Å². The summed E-state index contributed by atoms with van der Waals surface area (Å²) in [5, 5.41) is 10.8. The van der Waals surface area contributed by atoms with Crippen molar-refractivity contribution in [2.45, 2.75) is 33.2 Å². The molecule has 0 saturated carbocycles. The molecule has 0 fully saturated rings. The lowest BCUT2D eigenvalue weighted by molar-refractivity contribution is 0.0707. The molecule has 0 saturated heterocycles. The average molecular weight is 297 g/mol. The molecule has 110 valence electrons. The lowest BCUT2D eigenvalue weighted by Gasteiger charge is -2.28. The van der Waals surface area contributed by atoms with Gasteiger partial charge in [-0.05, 0) is 38.2 Å². The highest BCUT2D eigenvalue weighted by atomic mass is 28.4. The van der Waals surface area contributed by atoms with Crippen molar-refractivity contribution in [2.75, 3.05) is 26.4 Å². The molecule has 0 bridgehead atoms. The topological polar surface area (TPSA) is 77.0 Å². The summed E-state index contributed by atoms with van der Waals surface area (Å²) in [7, 11) is -2.60. The Kier molecular flexibility index (Phi) is 12.9. The van der Waals surface area contributed by atoms with Crippen molar-refractivity contribution in [3.63, 3.8) is 0 Å². The number of hydrogen-bond donors (Lipinski definition) is 2. The summed E-state index contributed by atoms with van der Waals surface area (Å²) in [5.74, 6) is 0. The third-order valence-electron chi connectivity index (χ3n) is 2.03. The summed E-state index contributed by atoms with van der Waals surface area (Å²) in [5.41, 5.74) is 0. The fraction of sp³-hybridized carbons (Fsp3) is 0.900. The molecule has 0 radical (unpaired) electrons. The average Bonchev–Trinajstić information content (AvgIpc) is 2.25. The van der Waals surface area contributed by atoms with Crippen molar-refractivity contribution in [3.8, 4) is 0 Å². The van der Waals surface area contributed by atoms with Gasteiger partial charge in [0.25, 0.3) is 0 Å². The van der Waals surface area contributed by atoms with Crippen LogP contribution in [0.5, 0.6) is 0 Å². The molecule has 0 heterocycles. The highest BCUT2D eigenvalue weighted by Gasteiger charge is 2.39. The van der Waals surface area contributed by atoms with Gasteiger partial charge in [-0.1, -0.05) is 0 Å². The Morgan fingerprint density at radius 2 is 1.56 bits per heavy atom. The van der Waals surface area contributed by atoms with E-state index in [0.29, 0.717) is 38.8 Å². The van der Waals surface area contributed by atoms with E-state index in [4.69, 9.17) is 18.4 Å². The minimum Gasteiger partial charge on any atom is -0.465 e. The van der Waals surface area contributed by atoms with Crippen LogP contribution in [0.4, 0.5) is 4.79 Å². The van der Waals surface area contributed by atoms with Crippen molar-refractivity contribution < 1.29 is 23.2 Å². The van der Waals surface area contributed by atoms with Crippen LogP contribution < -0.4 is 5.32 Å². The number of carbonyl (C=O) groups is 1. The molecule has 2 N–H and O–H groups in total. The molecule has 0 aliphatic heterocycles. The van der Waals surface area contributed by atoms with Gasteiger partial charge in [0.15, 0.2) is 0 Å². The molecule has 0 aliphatic carbocycles. The van der Waals surface area contributed by atoms with E-state index in [1.165, 1.54) is 0 Å². The van der Waals surface area contributed by atoms with Crippen LogP contribution in [-0.2, 0) is 13.3 Å². The van der Waals surface area contributed by atoms with E-state index in [1.54, 1.807) is 0 Å². The second kappa shape index (κ2) is 11.7. The van der Waals surface area contributed by atoms with Gasteiger partial charge in [-0.3, -0.25) is 0 Å². The number of amides is 1. The van der Waals surface area contributed by atoms with E-state index < -0.39 is 14.9 Å². The number of carboxylic acid groups (broad SMARTS) is 1. The van der Waals surface area contributed by atoms with Gasteiger partial charge < -0.3 is 23.7 Å². The highest BCUT2D eigenvalue weighted by molar-refractivity contribution is 6.60. The fourth-order valence-electron chi connectivity index (χ4n) is 1.50. The Morgan fingerprint density at radius 3 is 1.89 bits per heavy atom. The summed E-state index contributed by atoms with van der Waals surface area (Å²) >= 11 is 0. The fourth-order valence-corrected chi connectivity index (χ4v) is 4.11. The van der Waals surface area contributed by atoms with E-state index in [0.717, 1.165) is 0 Å². The molecule has 0 rings (SSSR count). The molecular formula is C10H27NO5Si2. The van der Waals surface area contributed by atoms with Gasteiger partial charge in [-0.15, -0.1) is 0 Å². The maximum Gasteiger partial charge on any atom is 0.500 e. The van der Waals surface area contributed by atoms with Crippen LogP contribution >= 0.6 is 0 Å². The van der Waals surface area contributed by atoms with Crippen LogP contribution in [0.1, 0.15) is 27.2 Å². The molecule has 0 aromatic rings.